The Hall–Kier alpha value is -1.32. The van der Waals surface area contributed by atoms with E-state index in [4.69, 9.17) is 5.41 Å². The molecule has 0 saturated heterocycles. The molecule has 0 aliphatic heterocycles. The fourth-order valence-corrected chi connectivity index (χ4v) is 0.490. The van der Waals surface area contributed by atoms with Crippen LogP contribution in [-0.2, 0) is 7.05 Å². The van der Waals surface area contributed by atoms with Gasteiger partial charge in [-0.1, -0.05) is 5.49 Å². The van der Waals surface area contributed by atoms with Crippen LogP contribution in [-0.4, -0.2) is 9.55 Å². The highest BCUT2D eigenvalue weighted by Gasteiger charge is 1.76. The fraction of sp³-hybridized carbons (Fsp3) is 0.200. The Morgan fingerprint density at radius 2 is 2.44 bits per heavy atom. The molecule has 0 unspecified atom stereocenters. The molecule has 0 aliphatic carbocycles. The third-order valence-corrected chi connectivity index (χ3v) is 1.01. The first kappa shape index (κ1) is 5.81. The Kier molecular flexibility index (Phi) is 1.22. The highest BCUT2D eigenvalue weighted by atomic mass is 16.1. The average Bonchev–Trinajstić information content (AvgIpc) is 1.80. The number of nitrogens with zero attached hydrogens (tertiary/aromatic N) is 2. The van der Waals surface area contributed by atoms with Crippen molar-refractivity contribution in [1.29, 1.82) is 0 Å². The van der Waals surface area contributed by atoms with Crippen LogP contribution in [0.2, 0.25) is 0 Å². The summed E-state index contributed by atoms with van der Waals surface area (Å²) < 4.78 is 1.33. The first-order valence-corrected chi connectivity index (χ1v) is 2.48. The number of nitrogens with one attached hydrogen (secondary N) is 1. The van der Waals surface area contributed by atoms with Crippen LogP contribution in [0.25, 0.3) is 5.41 Å². The Balaban J connectivity index is 3.52. The van der Waals surface area contributed by atoms with Gasteiger partial charge in [-0.05, 0) is 6.07 Å². The quantitative estimate of drug-likeness (QED) is 0.482. The molecule has 0 bridgehead atoms. The number of rotatable bonds is 0. The Labute approximate surface area is 51.3 Å². The molecule has 0 radical (unpaired) electrons. The second-order valence-corrected chi connectivity index (χ2v) is 1.74. The summed E-state index contributed by atoms with van der Waals surface area (Å²) in [6.45, 7) is 0. The standard InChI is InChI=1S/C5H6N3O/c1-8-3-2-4(6)7-5(8)9/h2-3H,1H3,(H-,6,7,9)/q-1. The van der Waals surface area contributed by atoms with Gasteiger partial charge in [0, 0.05) is 13.2 Å². The van der Waals surface area contributed by atoms with Crippen molar-refractivity contribution in [1.82, 2.24) is 9.55 Å². The van der Waals surface area contributed by atoms with Crippen LogP contribution in [0.1, 0.15) is 0 Å². The summed E-state index contributed by atoms with van der Waals surface area (Å²) in [4.78, 5) is 12.8. The van der Waals surface area contributed by atoms with Crippen LogP contribution in [0.5, 0.6) is 0 Å². The summed E-state index contributed by atoms with van der Waals surface area (Å²) >= 11 is 0. The van der Waals surface area contributed by atoms with Crippen molar-refractivity contribution >= 4 is 0 Å². The van der Waals surface area contributed by atoms with Gasteiger partial charge in [0.05, 0.1) is 0 Å². The van der Waals surface area contributed by atoms with E-state index in [1.807, 2.05) is 0 Å². The number of aryl methyl sites for hydroxylation is 1. The number of H-pyrrole nitrogens is 1. The first-order chi connectivity index (χ1) is 4.20. The van der Waals surface area contributed by atoms with Crippen molar-refractivity contribution < 1.29 is 0 Å². The minimum absolute atomic E-state index is 0.113. The number of aromatic amines is 1. The molecular weight excluding hydrogens is 118 g/mol. The first-order valence-electron chi connectivity index (χ1n) is 2.48. The largest absolute Gasteiger partial charge is 0.465 e. The van der Waals surface area contributed by atoms with Crippen LogP contribution < -0.4 is 11.2 Å². The van der Waals surface area contributed by atoms with Crippen LogP contribution in [0.15, 0.2) is 17.1 Å². The maximum absolute atomic E-state index is 10.6. The number of hydrogen-bond donors (Lipinski definition) is 1. The van der Waals surface area contributed by atoms with E-state index in [2.05, 4.69) is 4.98 Å². The van der Waals surface area contributed by atoms with Gasteiger partial charge in [-0.15, -0.1) is 0 Å². The molecule has 0 saturated carbocycles. The van der Waals surface area contributed by atoms with Crippen molar-refractivity contribution in [2.75, 3.05) is 0 Å². The summed E-state index contributed by atoms with van der Waals surface area (Å²) in [6, 6.07) is 1.40. The molecule has 48 valence electrons. The van der Waals surface area contributed by atoms with Gasteiger partial charge in [-0.2, -0.15) is 0 Å². The lowest BCUT2D eigenvalue weighted by Gasteiger charge is -1.96. The summed E-state index contributed by atoms with van der Waals surface area (Å²) in [5.41, 5.74) is -0.437. The predicted octanol–water partition coefficient (Wildman–Crippen LogP) is -0.817. The van der Waals surface area contributed by atoms with Gasteiger partial charge in [0.2, 0.25) is 5.69 Å². The molecule has 0 aromatic carbocycles. The maximum Gasteiger partial charge on any atom is 0.243 e. The van der Waals surface area contributed by atoms with Gasteiger partial charge in [-0.3, -0.25) is 4.79 Å². The minimum atomic E-state index is -0.324. The number of hydrogen-bond acceptors (Lipinski definition) is 1. The molecule has 0 atom stereocenters. The van der Waals surface area contributed by atoms with Gasteiger partial charge >= 0.3 is 0 Å². The molecule has 0 amide bonds. The zero-order chi connectivity index (χ0) is 6.85. The van der Waals surface area contributed by atoms with Crippen LogP contribution >= 0.6 is 0 Å². The lowest BCUT2D eigenvalue weighted by molar-refractivity contribution is 0.800. The molecule has 1 rings (SSSR count). The smallest absolute Gasteiger partial charge is 0.243 e. The van der Waals surface area contributed by atoms with E-state index in [-0.39, 0.29) is 11.2 Å². The molecule has 1 aromatic heterocycles. The van der Waals surface area contributed by atoms with Crippen LogP contribution in [0.4, 0.5) is 0 Å². The molecule has 1 aromatic rings. The van der Waals surface area contributed by atoms with Gasteiger partial charge in [0.1, 0.15) is 0 Å². The normalized spacial score (nSPS) is 9.44. The molecule has 0 fully saturated rings. The van der Waals surface area contributed by atoms with Crippen molar-refractivity contribution in [3.05, 3.63) is 33.6 Å². The van der Waals surface area contributed by atoms with Gasteiger partial charge in [-0.25, -0.2) is 0 Å². The van der Waals surface area contributed by atoms with Crippen LogP contribution in [0, 0.1) is 0 Å². The van der Waals surface area contributed by atoms with Crippen molar-refractivity contribution in [3.63, 3.8) is 0 Å². The second kappa shape index (κ2) is 1.89. The predicted molar refractivity (Wildman–Crippen MR) is 32.5 cm³/mol. The van der Waals surface area contributed by atoms with Gasteiger partial charge < -0.3 is 15.0 Å². The van der Waals surface area contributed by atoms with Crippen molar-refractivity contribution in [3.8, 4) is 0 Å². The maximum atomic E-state index is 10.6. The van der Waals surface area contributed by atoms with Crippen molar-refractivity contribution in [2.45, 2.75) is 0 Å². The molecule has 4 heteroatoms. The van der Waals surface area contributed by atoms with Crippen LogP contribution in [0.3, 0.4) is 0 Å². The Bertz CT molecular complexity index is 308. The molecule has 0 spiro atoms. The SMILES string of the molecule is Cn1ccc(=[N-])[nH]c1=O. The van der Waals surface area contributed by atoms with Gasteiger partial charge in [0.15, 0.2) is 0 Å². The van der Waals surface area contributed by atoms with E-state index in [9.17, 15) is 4.79 Å². The molecular formula is C5H6N3O-. The summed E-state index contributed by atoms with van der Waals surface area (Å²) in [5.74, 6) is 0. The topological polar surface area (TPSA) is 60.1 Å². The molecule has 0 aliphatic rings. The fourth-order valence-electron chi connectivity index (χ4n) is 0.490. The molecule has 4 nitrogen and oxygen atoms in total. The number of aromatic nitrogens is 2. The van der Waals surface area contributed by atoms with E-state index in [0.717, 1.165) is 0 Å². The average molecular weight is 124 g/mol. The van der Waals surface area contributed by atoms with E-state index in [1.165, 1.54) is 16.8 Å². The zero-order valence-corrected chi connectivity index (χ0v) is 4.96. The van der Waals surface area contributed by atoms with Gasteiger partial charge in [0.25, 0.3) is 0 Å². The highest BCUT2D eigenvalue weighted by molar-refractivity contribution is 4.81. The van der Waals surface area contributed by atoms with E-state index in [0.29, 0.717) is 0 Å². The zero-order valence-electron chi connectivity index (χ0n) is 4.96. The second-order valence-electron chi connectivity index (χ2n) is 1.74. The minimum Gasteiger partial charge on any atom is -0.465 e. The lowest BCUT2D eigenvalue weighted by Crippen LogP contribution is -2.26. The molecule has 9 heavy (non-hydrogen) atoms. The Morgan fingerprint density at radius 3 is 2.89 bits per heavy atom. The lowest BCUT2D eigenvalue weighted by atomic mass is 10.6. The van der Waals surface area contributed by atoms with Crippen molar-refractivity contribution in [2.24, 2.45) is 7.05 Å². The Morgan fingerprint density at radius 1 is 1.78 bits per heavy atom. The van der Waals surface area contributed by atoms with E-state index >= 15 is 0 Å². The summed E-state index contributed by atoms with van der Waals surface area (Å²) in [5, 5.41) is 8.67. The van der Waals surface area contributed by atoms with E-state index < -0.39 is 0 Å². The molecule has 1 N–H and O–H groups in total. The van der Waals surface area contributed by atoms with E-state index in [1.54, 1.807) is 7.05 Å². The summed E-state index contributed by atoms with van der Waals surface area (Å²) in [6.07, 6.45) is 1.48. The summed E-state index contributed by atoms with van der Waals surface area (Å²) in [7, 11) is 1.60. The monoisotopic (exact) mass is 124 g/mol. The molecule has 1 heterocycles. The highest BCUT2D eigenvalue weighted by Crippen LogP contribution is 1.61. The third-order valence-electron chi connectivity index (χ3n) is 1.01. The third kappa shape index (κ3) is 1.07.